The van der Waals surface area contributed by atoms with Crippen molar-refractivity contribution >= 4 is 0 Å². The Labute approximate surface area is 88.0 Å². The highest BCUT2D eigenvalue weighted by atomic mass is 15.0. The van der Waals surface area contributed by atoms with Crippen molar-refractivity contribution in [2.24, 2.45) is 0 Å². The predicted octanol–water partition coefficient (Wildman–Crippen LogP) is 3.41. The molecule has 1 heteroatoms. The van der Waals surface area contributed by atoms with Crippen LogP contribution in [0.25, 0.3) is 0 Å². The van der Waals surface area contributed by atoms with E-state index in [-0.39, 0.29) is 0 Å². The fraction of sp³-hybridized carbons (Fsp3) is 0.846. The van der Waals surface area contributed by atoms with Crippen molar-refractivity contribution in [2.45, 2.75) is 69.9 Å². The van der Waals surface area contributed by atoms with Gasteiger partial charge >= 0.3 is 0 Å². The maximum absolute atomic E-state index is 3.81. The van der Waals surface area contributed by atoms with E-state index in [1.54, 1.807) is 0 Å². The summed E-state index contributed by atoms with van der Waals surface area (Å²) in [6.07, 6.45) is 15.8. The molecule has 0 spiro atoms. The van der Waals surface area contributed by atoms with Crippen molar-refractivity contribution in [2.75, 3.05) is 0 Å². The topological polar surface area (TPSA) is 12.0 Å². The van der Waals surface area contributed by atoms with E-state index in [9.17, 15) is 0 Å². The van der Waals surface area contributed by atoms with Gasteiger partial charge in [-0.2, -0.15) is 0 Å². The Morgan fingerprint density at radius 2 is 2.00 bits per heavy atom. The highest BCUT2D eigenvalue weighted by molar-refractivity contribution is 5.01. The molecule has 1 unspecified atom stereocenters. The number of allylic oxidation sites excluding steroid dienone is 1. The van der Waals surface area contributed by atoms with Gasteiger partial charge in [-0.3, -0.25) is 0 Å². The van der Waals surface area contributed by atoms with Crippen LogP contribution in [0.2, 0.25) is 0 Å². The van der Waals surface area contributed by atoms with Crippen LogP contribution in [0.15, 0.2) is 12.2 Å². The van der Waals surface area contributed by atoms with Crippen LogP contribution in [0.4, 0.5) is 0 Å². The van der Waals surface area contributed by atoms with E-state index in [2.05, 4.69) is 24.4 Å². The highest BCUT2D eigenvalue weighted by Gasteiger charge is 2.32. The molecule has 80 valence electrons. The van der Waals surface area contributed by atoms with E-state index in [0.717, 1.165) is 0 Å². The van der Waals surface area contributed by atoms with E-state index in [4.69, 9.17) is 0 Å². The van der Waals surface area contributed by atoms with Crippen LogP contribution in [-0.4, -0.2) is 11.6 Å². The van der Waals surface area contributed by atoms with Crippen molar-refractivity contribution in [1.82, 2.24) is 5.32 Å². The molecule has 0 aromatic rings. The van der Waals surface area contributed by atoms with Crippen molar-refractivity contribution in [1.29, 1.82) is 0 Å². The third kappa shape index (κ3) is 2.60. The zero-order chi connectivity index (χ0) is 9.86. The number of hydrogen-bond acceptors (Lipinski definition) is 1. The molecule has 2 aliphatic rings. The summed E-state index contributed by atoms with van der Waals surface area (Å²) >= 11 is 0. The average molecular weight is 193 g/mol. The monoisotopic (exact) mass is 193 g/mol. The highest BCUT2D eigenvalue weighted by Crippen LogP contribution is 2.32. The Hall–Kier alpha value is -0.300. The van der Waals surface area contributed by atoms with Gasteiger partial charge in [-0.15, -0.1) is 0 Å². The number of rotatable bonds is 2. The molecule has 0 amide bonds. The van der Waals surface area contributed by atoms with Crippen molar-refractivity contribution < 1.29 is 0 Å². The first-order valence-electron chi connectivity index (χ1n) is 6.23. The lowest BCUT2D eigenvalue weighted by molar-refractivity contribution is 0.191. The molecule has 0 bridgehead atoms. The van der Waals surface area contributed by atoms with Crippen LogP contribution in [0.1, 0.15) is 58.3 Å². The van der Waals surface area contributed by atoms with Gasteiger partial charge in [0.2, 0.25) is 0 Å². The lowest BCUT2D eigenvalue weighted by Crippen LogP contribution is -2.52. The molecule has 0 aromatic heterocycles. The Balaban J connectivity index is 1.85. The second-order valence-electron chi connectivity index (χ2n) is 5.23. The van der Waals surface area contributed by atoms with E-state index >= 15 is 0 Å². The SMILES string of the molecule is CC1(NC2/C=C\CCCCC2)CCC1. The third-order valence-electron chi connectivity index (χ3n) is 3.75. The van der Waals surface area contributed by atoms with Crippen molar-refractivity contribution in [3.63, 3.8) is 0 Å². The quantitative estimate of drug-likeness (QED) is 0.663. The Kier molecular flexibility index (Phi) is 3.27. The fourth-order valence-electron chi connectivity index (χ4n) is 2.58. The molecule has 14 heavy (non-hydrogen) atoms. The standard InChI is InChI=1S/C13H23N/c1-13(10-7-11-13)14-12-8-5-3-2-4-6-9-12/h5,8,12,14H,2-4,6-7,9-11H2,1H3/b8-5-. The zero-order valence-corrected chi connectivity index (χ0v) is 9.39. The minimum absolute atomic E-state index is 0.466. The summed E-state index contributed by atoms with van der Waals surface area (Å²) < 4.78 is 0. The largest absolute Gasteiger partial charge is 0.305 e. The second-order valence-corrected chi connectivity index (χ2v) is 5.23. The zero-order valence-electron chi connectivity index (χ0n) is 9.39. The van der Waals surface area contributed by atoms with Crippen LogP contribution >= 0.6 is 0 Å². The third-order valence-corrected chi connectivity index (χ3v) is 3.75. The van der Waals surface area contributed by atoms with Crippen LogP contribution in [0, 0.1) is 0 Å². The summed E-state index contributed by atoms with van der Waals surface area (Å²) in [5, 5.41) is 3.81. The Morgan fingerprint density at radius 3 is 2.71 bits per heavy atom. The van der Waals surface area contributed by atoms with E-state index in [0.29, 0.717) is 11.6 Å². The maximum atomic E-state index is 3.81. The van der Waals surface area contributed by atoms with Gasteiger partial charge < -0.3 is 5.32 Å². The Morgan fingerprint density at radius 1 is 1.14 bits per heavy atom. The maximum Gasteiger partial charge on any atom is 0.0255 e. The normalized spacial score (nSPS) is 33.9. The van der Waals surface area contributed by atoms with E-state index < -0.39 is 0 Å². The molecule has 1 N–H and O–H groups in total. The fourth-order valence-corrected chi connectivity index (χ4v) is 2.58. The molecule has 1 nitrogen and oxygen atoms in total. The van der Waals surface area contributed by atoms with Gasteiger partial charge in [-0.25, -0.2) is 0 Å². The van der Waals surface area contributed by atoms with Gasteiger partial charge in [0.1, 0.15) is 0 Å². The number of hydrogen-bond donors (Lipinski definition) is 1. The molecule has 2 aliphatic carbocycles. The molecular formula is C13H23N. The summed E-state index contributed by atoms with van der Waals surface area (Å²) in [4.78, 5) is 0. The molecule has 0 radical (unpaired) electrons. The number of nitrogens with one attached hydrogen (secondary N) is 1. The molecule has 1 atom stereocenters. The van der Waals surface area contributed by atoms with Gasteiger partial charge in [0.05, 0.1) is 0 Å². The molecule has 1 saturated carbocycles. The molecule has 2 rings (SSSR count). The predicted molar refractivity (Wildman–Crippen MR) is 61.4 cm³/mol. The first kappa shape index (κ1) is 10.2. The minimum atomic E-state index is 0.466. The van der Waals surface area contributed by atoms with Crippen molar-refractivity contribution in [3.8, 4) is 0 Å². The second kappa shape index (κ2) is 4.48. The molecule has 0 heterocycles. The van der Waals surface area contributed by atoms with Gasteiger partial charge in [0.25, 0.3) is 0 Å². The van der Waals surface area contributed by atoms with E-state index in [1.165, 1.54) is 51.4 Å². The Bertz CT molecular complexity index is 203. The molecule has 0 aliphatic heterocycles. The van der Waals surface area contributed by atoms with Crippen LogP contribution in [0.3, 0.4) is 0 Å². The van der Waals surface area contributed by atoms with Crippen LogP contribution in [0.5, 0.6) is 0 Å². The van der Waals surface area contributed by atoms with Crippen molar-refractivity contribution in [3.05, 3.63) is 12.2 Å². The van der Waals surface area contributed by atoms with Gasteiger partial charge in [-0.05, 0) is 45.4 Å². The average Bonchev–Trinajstić information content (AvgIpc) is 2.07. The first-order valence-corrected chi connectivity index (χ1v) is 6.23. The minimum Gasteiger partial charge on any atom is -0.305 e. The lowest BCUT2D eigenvalue weighted by atomic mass is 9.77. The summed E-state index contributed by atoms with van der Waals surface area (Å²) in [7, 11) is 0. The van der Waals surface area contributed by atoms with Gasteiger partial charge in [0.15, 0.2) is 0 Å². The molecule has 0 aromatic carbocycles. The molecule has 0 saturated heterocycles. The summed E-state index contributed by atoms with van der Waals surface area (Å²) in [5.41, 5.74) is 0.466. The van der Waals surface area contributed by atoms with Gasteiger partial charge in [-0.1, -0.05) is 25.0 Å². The van der Waals surface area contributed by atoms with Crippen LogP contribution < -0.4 is 5.32 Å². The van der Waals surface area contributed by atoms with Gasteiger partial charge in [0, 0.05) is 11.6 Å². The van der Waals surface area contributed by atoms with E-state index in [1.807, 2.05) is 0 Å². The molecule has 1 fully saturated rings. The summed E-state index contributed by atoms with van der Waals surface area (Å²) in [6, 6.07) is 0.653. The first-order chi connectivity index (χ1) is 6.79. The smallest absolute Gasteiger partial charge is 0.0255 e. The summed E-state index contributed by atoms with van der Waals surface area (Å²) in [6.45, 7) is 2.38. The van der Waals surface area contributed by atoms with Crippen LogP contribution in [-0.2, 0) is 0 Å². The molecular weight excluding hydrogens is 170 g/mol. The lowest BCUT2D eigenvalue weighted by Gasteiger charge is -2.42. The summed E-state index contributed by atoms with van der Waals surface area (Å²) in [5.74, 6) is 0.